The van der Waals surface area contributed by atoms with Crippen molar-refractivity contribution in [3.05, 3.63) is 90.0 Å². The van der Waals surface area contributed by atoms with Crippen LogP contribution in [0.1, 0.15) is 77.1 Å². The Morgan fingerprint density at radius 3 is 2.41 bits per heavy atom. The standard InChI is InChI=1S/C46H51N2O9S/c1-45-19-18-31(50)20-29(45)12-15-34-35-22-38(42(37(52)25-49)46(35,2)23-36(51)41(34)45)57-44(56)28-10-13-32(14-11-28)58-33-5-3-4-30(21-33)47-43(55)27-8-6-26(7-9-27)24-48-39(53)16-17-40(48)54/h3-5,10-11,13-14,16-21,26-27,34-36,38,41-42,44,49,51H,6-9,12,15,22-25H2,1-2H3,(H,47,55)/q-1/t26?,27?,34-,35?,36-,38?,41?,42-,44-,45-,46-/m0/s1. The molecule has 2 aromatic carbocycles. The van der Waals surface area contributed by atoms with Crippen molar-refractivity contribution >= 4 is 46.7 Å². The summed E-state index contributed by atoms with van der Waals surface area (Å²) in [5.41, 5.74) is 1.00. The van der Waals surface area contributed by atoms with Crippen LogP contribution in [0.3, 0.4) is 0 Å². The fraction of sp³-hybridized carbons (Fsp3) is 0.500. The monoisotopic (exact) mass is 807 g/mol. The molecule has 3 unspecified atom stereocenters. The smallest absolute Gasteiger partial charge is 0.253 e. The highest BCUT2D eigenvalue weighted by molar-refractivity contribution is 7.99. The second kappa shape index (κ2) is 16.1. The van der Waals surface area contributed by atoms with Gasteiger partial charge in [0.2, 0.25) is 5.91 Å². The van der Waals surface area contributed by atoms with E-state index < -0.39 is 41.9 Å². The SMILES string of the molecule is C[C@]12C=CC(=O)C=C1CC[C@@H]1C2[C@@H](O)C[C@@]2(C)C1CC(O[C@H]([O-])c1ccc(Sc3cccc(NC(=O)C4CCC(CN5C(=O)C=CC5=O)CC4)c3)cc1)[C@@H]2C(=O)CO. The van der Waals surface area contributed by atoms with E-state index in [9.17, 15) is 39.3 Å². The van der Waals surface area contributed by atoms with Gasteiger partial charge in [-0.05, 0) is 123 Å². The number of fused-ring (bicyclic) bond motifs is 5. The van der Waals surface area contributed by atoms with Gasteiger partial charge in [-0.2, -0.15) is 0 Å². The summed E-state index contributed by atoms with van der Waals surface area (Å²) in [5.74, 6) is -1.80. The number of ketones is 2. The number of hydrogen-bond acceptors (Lipinski definition) is 10. The van der Waals surface area contributed by atoms with Crippen LogP contribution in [0.25, 0.3) is 0 Å². The van der Waals surface area contributed by atoms with E-state index in [2.05, 4.69) is 12.2 Å². The van der Waals surface area contributed by atoms with E-state index in [4.69, 9.17) is 4.74 Å². The van der Waals surface area contributed by atoms with Crippen LogP contribution < -0.4 is 10.4 Å². The first-order valence-corrected chi connectivity index (χ1v) is 21.4. The maximum absolute atomic E-state index is 13.8. The lowest BCUT2D eigenvalue weighted by Crippen LogP contribution is -2.56. The first-order valence-electron chi connectivity index (χ1n) is 20.6. The molecule has 306 valence electrons. The number of hydrogen-bond donors (Lipinski definition) is 3. The summed E-state index contributed by atoms with van der Waals surface area (Å²) in [5, 5.41) is 38.6. The normalized spacial score (nSPS) is 34.6. The van der Waals surface area contributed by atoms with Crippen molar-refractivity contribution in [2.24, 2.45) is 46.3 Å². The largest absolute Gasteiger partial charge is 0.828 e. The van der Waals surface area contributed by atoms with Gasteiger partial charge >= 0.3 is 0 Å². The molecular formula is C46H51N2O9S-. The van der Waals surface area contributed by atoms with Crippen LogP contribution in [-0.4, -0.2) is 69.8 Å². The lowest BCUT2D eigenvalue weighted by atomic mass is 9.46. The molecule has 11 nitrogen and oxygen atoms in total. The summed E-state index contributed by atoms with van der Waals surface area (Å²) in [7, 11) is 0. The molecule has 4 fully saturated rings. The molecule has 1 aliphatic heterocycles. The average molecular weight is 808 g/mol. The molecule has 12 heteroatoms. The third kappa shape index (κ3) is 7.58. The zero-order chi connectivity index (χ0) is 40.9. The molecule has 1 heterocycles. The van der Waals surface area contributed by atoms with Gasteiger partial charge in [0.15, 0.2) is 11.6 Å². The highest BCUT2D eigenvalue weighted by atomic mass is 32.2. The van der Waals surface area contributed by atoms with Crippen LogP contribution in [-0.2, 0) is 28.7 Å². The van der Waals surface area contributed by atoms with Gasteiger partial charge < -0.3 is 25.4 Å². The fourth-order valence-electron chi connectivity index (χ4n) is 11.6. The zero-order valence-corrected chi connectivity index (χ0v) is 33.7. The molecule has 4 saturated carbocycles. The average Bonchev–Trinajstić information content (AvgIpc) is 3.68. The number of Topliss-reactive ketones (excluding diaryl/α,β-unsaturated/α-hetero) is 1. The van der Waals surface area contributed by atoms with Crippen LogP contribution >= 0.6 is 11.8 Å². The molecule has 0 saturated heterocycles. The molecule has 8 rings (SSSR count). The number of anilines is 1. The van der Waals surface area contributed by atoms with Crippen molar-refractivity contribution in [2.75, 3.05) is 18.5 Å². The number of allylic oxidation sites excluding steroid dienone is 4. The Labute approximate surface area is 343 Å². The Morgan fingerprint density at radius 1 is 0.983 bits per heavy atom. The van der Waals surface area contributed by atoms with E-state index in [1.54, 1.807) is 24.3 Å². The third-order valence-corrected chi connectivity index (χ3v) is 15.3. The Hall–Kier alpha value is -4.20. The van der Waals surface area contributed by atoms with Crippen molar-refractivity contribution in [1.29, 1.82) is 0 Å². The molecule has 9 atom stereocenters. The third-order valence-electron chi connectivity index (χ3n) is 14.3. The van der Waals surface area contributed by atoms with Gasteiger partial charge in [-0.15, -0.1) is 0 Å². The van der Waals surface area contributed by atoms with E-state index in [-0.39, 0.29) is 58.9 Å². The van der Waals surface area contributed by atoms with Crippen molar-refractivity contribution in [3.8, 4) is 0 Å². The molecule has 3 N–H and O–H groups in total. The Kier molecular flexibility index (Phi) is 11.3. The molecule has 0 spiro atoms. The van der Waals surface area contributed by atoms with Gasteiger partial charge in [-0.25, -0.2) is 0 Å². The predicted octanol–water partition coefficient (Wildman–Crippen LogP) is 5.32. The number of amides is 3. The first kappa shape index (κ1) is 40.6. The Morgan fingerprint density at radius 2 is 1.71 bits per heavy atom. The predicted molar refractivity (Wildman–Crippen MR) is 214 cm³/mol. The highest BCUT2D eigenvalue weighted by Gasteiger charge is 2.65. The van der Waals surface area contributed by atoms with Gasteiger partial charge in [-0.1, -0.05) is 55.5 Å². The van der Waals surface area contributed by atoms with Crippen molar-refractivity contribution in [3.63, 3.8) is 0 Å². The first-order chi connectivity index (χ1) is 27.8. The van der Waals surface area contributed by atoms with Gasteiger partial charge in [0.25, 0.3) is 11.8 Å². The van der Waals surface area contributed by atoms with E-state index in [1.165, 1.54) is 28.8 Å². The summed E-state index contributed by atoms with van der Waals surface area (Å²) in [6.07, 6.45) is 10.0. The molecule has 58 heavy (non-hydrogen) atoms. The fourth-order valence-corrected chi connectivity index (χ4v) is 12.4. The molecule has 2 aromatic rings. The van der Waals surface area contributed by atoms with Gasteiger partial charge in [-0.3, -0.25) is 28.9 Å². The Bertz CT molecular complexity index is 2050. The van der Waals surface area contributed by atoms with Crippen molar-refractivity contribution in [1.82, 2.24) is 4.90 Å². The van der Waals surface area contributed by atoms with Crippen LogP contribution in [0.15, 0.2) is 94.3 Å². The van der Waals surface area contributed by atoms with Crippen LogP contribution in [0.5, 0.6) is 0 Å². The van der Waals surface area contributed by atoms with Crippen molar-refractivity contribution < 1.29 is 44.0 Å². The van der Waals surface area contributed by atoms with Gasteiger partial charge in [0.05, 0.1) is 18.1 Å². The number of aliphatic hydroxyl groups excluding tert-OH is 2. The van der Waals surface area contributed by atoms with E-state index in [0.717, 1.165) is 41.0 Å². The number of benzene rings is 2. The van der Waals surface area contributed by atoms with Gasteiger partial charge in [0, 0.05) is 57.7 Å². The molecule has 6 aliphatic rings. The molecular weight excluding hydrogens is 757 g/mol. The molecule has 5 aliphatic carbocycles. The zero-order valence-electron chi connectivity index (χ0n) is 32.9. The number of aliphatic hydroxyl groups is 2. The van der Waals surface area contributed by atoms with Gasteiger partial charge in [0.1, 0.15) is 6.61 Å². The maximum Gasteiger partial charge on any atom is 0.253 e. The molecule has 0 bridgehead atoms. The second-order valence-electron chi connectivity index (χ2n) is 17.7. The minimum absolute atomic E-state index is 0.0129. The van der Waals surface area contributed by atoms with Crippen LogP contribution in [0.2, 0.25) is 0 Å². The minimum atomic E-state index is -1.57. The van der Waals surface area contributed by atoms with Crippen LogP contribution in [0.4, 0.5) is 5.69 Å². The summed E-state index contributed by atoms with van der Waals surface area (Å²) in [6.45, 7) is 3.82. The summed E-state index contributed by atoms with van der Waals surface area (Å²) >= 11 is 1.49. The quantitative estimate of drug-likeness (QED) is 0.199. The number of ether oxygens (including phenoxy) is 1. The summed E-state index contributed by atoms with van der Waals surface area (Å²) < 4.78 is 6.24. The molecule has 0 aromatic heterocycles. The summed E-state index contributed by atoms with van der Waals surface area (Å²) in [6, 6.07) is 14.7. The number of carbonyl (C=O) groups is 5. The van der Waals surface area contributed by atoms with Crippen LogP contribution in [0, 0.1) is 46.3 Å². The number of carbonyl (C=O) groups excluding carboxylic acids is 5. The lowest BCUT2D eigenvalue weighted by molar-refractivity contribution is -0.507. The molecule has 0 radical (unpaired) electrons. The lowest BCUT2D eigenvalue weighted by Gasteiger charge is -2.58. The van der Waals surface area contributed by atoms with E-state index in [0.29, 0.717) is 43.5 Å². The number of imide groups is 1. The number of rotatable bonds is 11. The van der Waals surface area contributed by atoms with Crippen molar-refractivity contribution in [2.45, 2.75) is 93.5 Å². The highest BCUT2D eigenvalue weighted by Crippen LogP contribution is 2.66. The number of nitrogens with zero attached hydrogens (tertiary/aromatic N) is 1. The number of nitrogens with one attached hydrogen (secondary N) is 1. The minimum Gasteiger partial charge on any atom is -0.828 e. The maximum atomic E-state index is 13.8. The second-order valence-corrected chi connectivity index (χ2v) is 18.8. The van der Waals surface area contributed by atoms with E-state index >= 15 is 0 Å². The Balaban J connectivity index is 0.882. The van der Waals surface area contributed by atoms with E-state index in [1.807, 2.05) is 49.4 Å². The topological polar surface area (TPSA) is 173 Å². The molecule has 3 amide bonds. The summed E-state index contributed by atoms with van der Waals surface area (Å²) in [4.78, 5) is 65.8.